The van der Waals surface area contributed by atoms with E-state index in [0.717, 1.165) is 48.2 Å². The van der Waals surface area contributed by atoms with Crippen molar-refractivity contribution in [1.29, 1.82) is 0 Å². The van der Waals surface area contributed by atoms with E-state index in [1.807, 2.05) is 30.7 Å². The zero-order valence-electron chi connectivity index (χ0n) is 18.4. The monoisotopic (exact) mass is 467 g/mol. The summed E-state index contributed by atoms with van der Waals surface area (Å²) in [7, 11) is 0. The van der Waals surface area contributed by atoms with Crippen molar-refractivity contribution in [3.63, 3.8) is 0 Å². The van der Waals surface area contributed by atoms with Crippen LogP contribution in [0.5, 0.6) is 0 Å². The van der Waals surface area contributed by atoms with Crippen LogP contribution in [-0.2, 0) is 0 Å². The summed E-state index contributed by atoms with van der Waals surface area (Å²) in [6.45, 7) is 8.37. The van der Waals surface area contributed by atoms with Crippen LogP contribution >= 0.6 is 24.8 Å². The van der Waals surface area contributed by atoms with Gasteiger partial charge in [-0.3, -0.25) is 4.79 Å². The SMILES string of the molecule is Cc1cc(-c2cc(C(=O)NC3(CN)CCCC3)c3cnn(C(C)C)c3n2)c(C)o1.Cl.Cl. The van der Waals surface area contributed by atoms with Crippen LogP contribution in [-0.4, -0.2) is 32.8 Å². The fourth-order valence-electron chi connectivity index (χ4n) is 4.35. The van der Waals surface area contributed by atoms with Gasteiger partial charge in [-0.25, -0.2) is 9.67 Å². The Labute approximate surface area is 195 Å². The molecule has 0 saturated heterocycles. The molecule has 9 heteroatoms. The molecule has 1 saturated carbocycles. The van der Waals surface area contributed by atoms with Gasteiger partial charge < -0.3 is 15.5 Å². The van der Waals surface area contributed by atoms with Gasteiger partial charge in [0.15, 0.2) is 5.65 Å². The molecule has 31 heavy (non-hydrogen) atoms. The zero-order valence-corrected chi connectivity index (χ0v) is 20.0. The van der Waals surface area contributed by atoms with Crippen molar-refractivity contribution in [1.82, 2.24) is 20.1 Å². The summed E-state index contributed by atoms with van der Waals surface area (Å²) in [5.74, 6) is 1.48. The second-order valence-electron chi connectivity index (χ2n) is 8.45. The molecule has 7 nitrogen and oxygen atoms in total. The van der Waals surface area contributed by atoms with Gasteiger partial charge in [0.2, 0.25) is 0 Å². The summed E-state index contributed by atoms with van der Waals surface area (Å²) in [5.41, 5.74) is 8.61. The zero-order chi connectivity index (χ0) is 20.8. The first-order chi connectivity index (χ1) is 13.8. The van der Waals surface area contributed by atoms with Crippen molar-refractivity contribution < 1.29 is 9.21 Å². The number of amides is 1. The maximum atomic E-state index is 13.4. The molecule has 1 aliphatic rings. The number of halogens is 2. The first-order valence-corrected chi connectivity index (χ1v) is 10.3. The van der Waals surface area contributed by atoms with Gasteiger partial charge in [0.1, 0.15) is 11.5 Å². The minimum Gasteiger partial charge on any atom is -0.466 e. The van der Waals surface area contributed by atoms with Gasteiger partial charge in [-0.05, 0) is 52.7 Å². The van der Waals surface area contributed by atoms with Gasteiger partial charge in [-0.1, -0.05) is 12.8 Å². The number of pyridine rings is 1. The van der Waals surface area contributed by atoms with Crippen LogP contribution < -0.4 is 11.1 Å². The van der Waals surface area contributed by atoms with Crippen molar-refractivity contribution in [2.24, 2.45) is 5.73 Å². The number of fused-ring (bicyclic) bond motifs is 1. The average Bonchev–Trinajstić information content (AvgIpc) is 3.39. The van der Waals surface area contributed by atoms with E-state index < -0.39 is 0 Å². The molecule has 0 aliphatic heterocycles. The van der Waals surface area contributed by atoms with E-state index in [4.69, 9.17) is 15.1 Å². The van der Waals surface area contributed by atoms with Crippen LogP contribution in [0.15, 0.2) is 22.7 Å². The van der Waals surface area contributed by atoms with Crippen molar-refractivity contribution in [3.8, 4) is 11.3 Å². The Balaban J connectivity index is 0.00000171. The number of aryl methyl sites for hydroxylation is 2. The highest BCUT2D eigenvalue weighted by Crippen LogP contribution is 2.32. The first kappa shape index (κ1) is 25.2. The Bertz CT molecular complexity index is 1070. The largest absolute Gasteiger partial charge is 0.466 e. The Morgan fingerprint density at radius 3 is 2.48 bits per heavy atom. The average molecular weight is 468 g/mol. The fourth-order valence-corrected chi connectivity index (χ4v) is 4.35. The molecule has 0 unspecified atom stereocenters. The lowest BCUT2D eigenvalue weighted by molar-refractivity contribution is 0.0905. The molecule has 4 rings (SSSR count). The van der Waals surface area contributed by atoms with Gasteiger partial charge in [-0.2, -0.15) is 5.10 Å². The van der Waals surface area contributed by atoms with Crippen molar-refractivity contribution in [2.45, 2.75) is 65.0 Å². The Morgan fingerprint density at radius 2 is 1.94 bits per heavy atom. The van der Waals surface area contributed by atoms with Crippen LogP contribution in [0.25, 0.3) is 22.3 Å². The van der Waals surface area contributed by atoms with E-state index in [9.17, 15) is 4.79 Å². The molecule has 170 valence electrons. The van der Waals surface area contributed by atoms with Gasteiger partial charge in [-0.15, -0.1) is 24.8 Å². The Kier molecular flexibility index (Phi) is 7.79. The van der Waals surface area contributed by atoms with Crippen LogP contribution in [0.2, 0.25) is 0 Å². The number of aromatic nitrogens is 3. The maximum absolute atomic E-state index is 13.4. The molecule has 0 bridgehead atoms. The number of rotatable bonds is 5. The highest BCUT2D eigenvalue weighted by molar-refractivity contribution is 6.06. The molecule has 1 amide bonds. The minimum atomic E-state index is -0.316. The molecule has 3 N–H and O–H groups in total. The number of furan rings is 1. The minimum absolute atomic E-state index is 0. The van der Waals surface area contributed by atoms with E-state index in [1.165, 1.54) is 0 Å². The van der Waals surface area contributed by atoms with Crippen LogP contribution in [0.4, 0.5) is 0 Å². The van der Waals surface area contributed by atoms with Crippen LogP contribution in [0.1, 0.15) is 67.5 Å². The predicted molar refractivity (Wildman–Crippen MR) is 127 cm³/mol. The third-order valence-corrected chi connectivity index (χ3v) is 5.95. The first-order valence-electron chi connectivity index (χ1n) is 10.3. The van der Waals surface area contributed by atoms with E-state index in [0.29, 0.717) is 23.4 Å². The quantitative estimate of drug-likeness (QED) is 0.564. The van der Waals surface area contributed by atoms with Gasteiger partial charge >= 0.3 is 0 Å². The highest BCUT2D eigenvalue weighted by atomic mass is 35.5. The number of nitrogens with one attached hydrogen (secondary N) is 1. The lowest BCUT2D eigenvalue weighted by Crippen LogP contribution is -2.51. The molecule has 0 radical (unpaired) electrons. The molecule has 3 aromatic rings. The smallest absolute Gasteiger partial charge is 0.252 e. The van der Waals surface area contributed by atoms with Gasteiger partial charge in [0.05, 0.1) is 28.4 Å². The molecule has 3 aromatic heterocycles. The van der Waals surface area contributed by atoms with E-state index in [-0.39, 0.29) is 42.3 Å². The Hall–Kier alpha value is -2.09. The van der Waals surface area contributed by atoms with Gasteiger partial charge in [0.25, 0.3) is 5.91 Å². The molecular formula is C22H31Cl2N5O2. The summed E-state index contributed by atoms with van der Waals surface area (Å²) >= 11 is 0. The molecule has 3 heterocycles. The maximum Gasteiger partial charge on any atom is 0.252 e. The number of hydrogen-bond donors (Lipinski definition) is 2. The van der Waals surface area contributed by atoms with Crippen molar-refractivity contribution in [3.05, 3.63) is 35.4 Å². The fraction of sp³-hybridized carbons (Fsp3) is 0.500. The van der Waals surface area contributed by atoms with Gasteiger partial charge in [0, 0.05) is 18.2 Å². The molecule has 0 atom stereocenters. The summed E-state index contributed by atoms with van der Waals surface area (Å²) in [5, 5.41) is 8.48. The molecule has 1 fully saturated rings. The third-order valence-electron chi connectivity index (χ3n) is 5.95. The van der Waals surface area contributed by atoms with E-state index >= 15 is 0 Å². The number of hydrogen-bond acceptors (Lipinski definition) is 5. The summed E-state index contributed by atoms with van der Waals surface area (Å²) in [6, 6.07) is 3.93. The lowest BCUT2D eigenvalue weighted by atomic mass is 9.96. The standard InChI is InChI=1S/C22H29N5O2.2ClH/c1-13(2)27-20-18(11-24-27)17(21(28)26-22(12-23)7-5-6-8-22)10-19(25-20)16-9-14(3)29-15(16)4;;/h9-11,13H,5-8,12,23H2,1-4H3,(H,26,28);2*1H. The van der Waals surface area contributed by atoms with Crippen LogP contribution in [0, 0.1) is 13.8 Å². The van der Waals surface area contributed by atoms with E-state index in [1.54, 1.807) is 6.20 Å². The molecule has 0 spiro atoms. The summed E-state index contributed by atoms with van der Waals surface area (Å²) in [4.78, 5) is 18.2. The number of nitrogens with two attached hydrogens (primary N) is 1. The molecule has 0 aromatic carbocycles. The summed E-state index contributed by atoms with van der Waals surface area (Å²) < 4.78 is 7.56. The third kappa shape index (κ3) is 4.59. The Morgan fingerprint density at radius 1 is 1.26 bits per heavy atom. The number of nitrogens with zero attached hydrogens (tertiary/aromatic N) is 3. The van der Waals surface area contributed by atoms with Crippen LogP contribution in [0.3, 0.4) is 0 Å². The second-order valence-corrected chi connectivity index (χ2v) is 8.45. The molecular weight excluding hydrogens is 437 g/mol. The highest BCUT2D eigenvalue weighted by Gasteiger charge is 2.35. The number of carbonyl (C=O) groups excluding carboxylic acids is 1. The van der Waals surface area contributed by atoms with Crippen molar-refractivity contribution in [2.75, 3.05) is 6.54 Å². The summed E-state index contributed by atoms with van der Waals surface area (Å²) in [6.07, 6.45) is 5.75. The normalized spacial score (nSPS) is 15.0. The van der Waals surface area contributed by atoms with E-state index in [2.05, 4.69) is 24.3 Å². The number of carbonyl (C=O) groups is 1. The van der Waals surface area contributed by atoms with Crippen molar-refractivity contribution >= 4 is 41.8 Å². The second kappa shape index (κ2) is 9.59. The predicted octanol–water partition coefficient (Wildman–Crippen LogP) is 4.73. The lowest BCUT2D eigenvalue weighted by Gasteiger charge is -2.28. The molecule has 1 aliphatic carbocycles. The topological polar surface area (TPSA) is 99.0 Å².